The van der Waals surface area contributed by atoms with Crippen LogP contribution in [0.3, 0.4) is 0 Å². The molecule has 0 saturated heterocycles. The molecule has 0 aromatic carbocycles. The number of hydrogen-bond donors (Lipinski definition) is 1. The fourth-order valence-electron chi connectivity index (χ4n) is 0.892. The van der Waals surface area contributed by atoms with Crippen LogP contribution >= 0.6 is 0 Å². The number of imidazole rings is 1. The van der Waals surface area contributed by atoms with Gasteiger partial charge < -0.3 is 9.72 Å². The van der Waals surface area contributed by atoms with Gasteiger partial charge in [-0.25, -0.2) is 9.78 Å². The van der Waals surface area contributed by atoms with Gasteiger partial charge in [-0.05, 0) is 19.9 Å². The second-order valence-electron chi connectivity index (χ2n) is 2.40. The Bertz CT molecular complexity index is 315. The van der Waals surface area contributed by atoms with Gasteiger partial charge in [0.2, 0.25) is 0 Å². The second kappa shape index (κ2) is 4.45. The van der Waals surface area contributed by atoms with E-state index in [0.717, 1.165) is 0 Å². The predicted molar refractivity (Wildman–Crippen MR) is 49.3 cm³/mol. The summed E-state index contributed by atoms with van der Waals surface area (Å²) in [6.07, 6.45) is 5.09. The molecule has 4 heteroatoms. The molecule has 0 aliphatic heterocycles. The predicted octanol–water partition coefficient (Wildman–Crippen LogP) is 1.62. The second-order valence-corrected chi connectivity index (χ2v) is 2.40. The topological polar surface area (TPSA) is 55.0 Å². The van der Waals surface area contributed by atoms with Crippen molar-refractivity contribution in [3.05, 3.63) is 23.8 Å². The minimum absolute atomic E-state index is 0.370. The van der Waals surface area contributed by atoms with E-state index in [0.29, 0.717) is 18.1 Å². The summed E-state index contributed by atoms with van der Waals surface area (Å²) in [7, 11) is 0. The first kappa shape index (κ1) is 9.51. The molecule has 1 N–H and O–H groups in total. The molecule has 70 valence electrons. The molecule has 0 radical (unpaired) electrons. The maximum absolute atomic E-state index is 11.1. The molecule has 0 bridgehead atoms. The van der Waals surface area contributed by atoms with Gasteiger partial charge in [0, 0.05) is 0 Å². The van der Waals surface area contributed by atoms with E-state index in [1.54, 1.807) is 13.0 Å². The number of ether oxygens (including phenoxy) is 1. The molecular weight excluding hydrogens is 168 g/mol. The molecule has 13 heavy (non-hydrogen) atoms. The number of carbonyl (C=O) groups is 1. The summed E-state index contributed by atoms with van der Waals surface area (Å²) < 4.78 is 4.79. The maximum atomic E-state index is 11.1. The van der Waals surface area contributed by atoms with E-state index in [-0.39, 0.29) is 5.97 Å². The number of hydrogen-bond acceptors (Lipinski definition) is 3. The summed E-state index contributed by atoms with van der Waals surface area (Å²) in [5, 5.41) is 0. The quantitative estimate of drug-likeness (QED) is 0.719. The number of aromatic amines is 1. The summed E-state index contributed by atoms with van der Waals surface area (Å²) in [5.41, 5.74) is 0.384. The number of allylic oxidation sites excluding steroid dienone is 1. The van der Waals surface area contributed by atoms with Crippen molar-refractivity contribution in [2.75, 3.05) is 6.61 Å². The fourth-order valence-corrected chi connectivity index (χ4v) is 0.892. The lowest BCUT2D eigenvalue weighted by molar-refractivity contribution is 0.0520. The summed E-state index contributed by atoms with van der Waals surface area (Å²) >= 11 is 0. The van der Waals surface area contributed by atoms with E-state index < -0.39 is 0 Å². The van der Waals surface area contributed by atoms with Crippen LogP contribution in [0, 0.1) is 0 Å². The van der Waals surface area contributed by atoms with E-state index in [4.69, 9.17) is 4.74 Å². The Hall–Kier alpha value is -1.58. The van der Waals surface area contributed by atoms with Gasteiger partial charge in [0.05, 0.1) is 12.8 Å². The number of esters is 1. The lowest BCUT2D eigenvalue weighted by Crippen LogP contribution is -2.04. The molecule has 0 aliphatic carbocycles. The Morgan fingerprint density at radius 3 is 3.15 bits per heavy atom. The van der Waals surface area contributed by atoms with Gasteiger partial charge in [-0.3, -0.25) is 0 Å². The van der Waals surface area contributed by atoms with Crippen LogP contribution in [0.15, 0.2) is 12.3 Å². The van der Waals surface area contributed by atoms with Crippen molar-refractivity contribution >= 4 is 12.0 Å². The van der Waals surface area contributed by atoms with Crippen molar-refractivity contribution in [2.24, 2.45) is 0 Å². The minimum Gasteiger partial charge on any atom is -0.461 e. The maximum Gasteiger partial charge on any atom is 0.356 e. The summed E-state index contributed by atoms with van der Waals surface area (Å²) in [6, 6.07) is 0. The number of nitrogens with one attached hydrogen (secondary N) is 1. The summed E-state index contributed by atoms with van der Waals surface area (Å²) in [4.78, 5) is 17.9. The zero-order valence-electron chi connectivity index (χ0n) is 7.70. The molecule has 0 amide bonds. The van der Waals surface area contributed by atoms with E-state index in [1.165, 1.54) is 6.20 Å². The Kier molecular flexibility index (Phi) is 3.25. The highest BCUT2D eigenvalue weighted by atomic mass is 16.5. The van der Waals surface area contributed by atoms with Crippen LogP contribution in [0.5, 0.6) is 0 Å². The first-order chi connectivity index (χ1) is 6.27. The lowest BCUT2D eigenvalue weighted by Gasteiger charge is -1.96. The Labute approximate surface area is 76.6 Å². The third-order valence-corrected chi connectivity index (χ3v) is 1.42. The van der Waals surface area contributed by atoms with Crippen LogP contribution in [0.4, 0.5) is 0 Å². The Morgan fingerprint density at radius 1 is 1.77 bits per heavy atom. The van der Waals surface area contributed by atoms with E-state index in [1.807, 2.05) is 13.0 Å². The molecule has 0 fully saturated rings. The van der Waals surface area contributed by atoms with Crippen LogP contribution < -0.4 is 0 Å². The molecule has 0 spiro atoms. The zero-order valence-corrected chi connectivity index (χ0v) is 7.70. The number of H-pyrrole nitrogens is 1. The lowest BCUT2D eigenvalue weighted by atomic mass is 10.5. The highest BCUT2D eigenvalue weighted by molar-refractivity contribution is 5.87. The van der Waals surface area contributed by atoms with Gasteiger partial charge in [0.15, 0.2) is 0 Å². The molecule has 0 unspecified atom stereocenters. The van der Waals surface area contributed by atoms with Gasteiger partial charge >= 0.3 is 5.97 Å². The zero-order chi connectivity index (χ0) is 9.68. The Balaban J connectivity index is 2.73. The molecule has 4 nitrogen and oxygen atoms in total. The summed E-state index contributed by atoms with van der Waals surface area (Å²) in [5.74, 6) is 0.288. The number of rotatable bonds is 3. The van der Waals surface area contributed by atoms with Crippen LogP contribution in [0.25, 0.3) is 6.08 Å². The van der Waals surface area contributed by atoms with Crippen molar-refractivity contribution < 1.29 is 9.53 Å². The molecule has 1 aromatic heterocycles. The van der Waals surface area contributed by atoms with Crippen molar-refractivity contribution in [3.63, 3.8) is 0 Å². The molecule has 0 saturated carbocycles. The first-order valence-corrected chi connectivity index (χ1v) is 4.12. The normalized spacial score (nSPS) is 10.6. The van der Waals surface area contributed by atoms with Gasteiger partial charge in [0.25, 0.3) is 0 Å². The van der Waals surface area contributed by atoms with Crippen molar-refractivity contribution in [2.45, 2.75) is 13.8 Å². The van der Waals surface area contributed by atoms with Crippen molar-refractivity contribution in [3.8, 4) is 0 Å². The van der Waals surface area contributed by atoms with Crippen molar-refractivity contribution in [1.82, 2.24) is 9.97 Å². The van der Waals surface area contributed by atoms with E-state index >= 15 is 0 Å². The number of carbonyl (C=O) groups excluding carboxylic acids is 1. The van der Waals surface area contributed by atoms with Crippen LogP contribution in [0.1, 0.15) is 30.2 Å². The third kappa shape index (κ3) is 2.43. The minimum atomic E-state index is -0.370. The largest absolute Gasteiger partial charge is 0.461 e. The van der Waals surface area contributed by atoms with Gasteiger partial charge in [0.1, 0.15) is 11.5 Å². The molecule has 1 aromatic rings. The smallest absolute Gasteiger partial charge is 0.356 e. The molecule has 1 rings (SSSR count). The number of nitrogens with zero attached hydrogens (tertiary/aromatic N) is 1. The average molecular weight is 180 g/mol. The van der Waals surface area contributed by atoms with Gasteiger partial charge in [-0.1, -0.05) is 6.08 Å². The average Bonchev–Trinajstić information content (AvgIpc) is 2.54. The highest BCUT2D eigenvalue weighted by Crippen LogP contribution is 2.00. The van der Waals surface area contributed by atoms with Crippen LogP contribution in [-0.4, -0.2) is 22.5 Å². The highest BCUT2D eigenvalue weighted by Gasteiger charge is 2.08. The summed E-state index contributed by atoms with van der Waals surface area (Å²) in [6.45, 7) is 4.02. The van der Waals surface area contributed by atoms with Gasteiger partial charge in [-0.15, -0.1) is 0 Å². The van der Waals surface area contributed by atoms with Crippen LogP contribution in [0.2, 0.25) is 0 Å². The van der Waals surface area contributed by atoms with E-state index in [9.17, 15) is 4.79 Å². The van der Waals surface area contributed by atoms with Crippen molar-refractivity contribution in [1.29, 1.82) is 0 Å². The Morgan fingerprint density at radius 2 is 2.54 bits per heavy atom. The molecule has 0 aliphatic rings. The van der Waals surface area contributed by atoms with Gasteiger partial charge in [-0.2, -0.15) is 0 Å². The number of aromatic nitrogens is 2. The first-order valence-electron chi connectivity index (χ1n) is 4.12. The van der Waals surface area contributed by atoms with E-state index in [2.05, 4.69) is 9.97 Å². The van der Waals surface area contributed by atoms with Crippen LogP contribution in [-0.2, 0) is 4.74 Å². The molecule has 0 atom stereocenters. The molecule has 1 heterocycles. The molecular formula is C9H12N2O2. The fraction of sp³-hybridized carbons (Fsp3) is 0.333. The SMILES string of the molecule is C/C=C/c1ncc(C(=O)OCC)[nH]1. The standard InChI is InChI=1S/C9H12N2O2/c1-3-5-8-10-6-7(11-8)9(12)13-4-2/h3,5-6H,4H2,1-2H3,(H,10,11)/b5-3+. The third-order valence-electron chi connectivity index (χ3n) is 1.42. The monoisotopic (exact) mass is 180 g/mol.